The Kier molecular flexibility index (Phi) is 13.7. The van der Waals surface area contributed by atoms with Gasteiger partial charge in [-0.2, -0.15) is 0 Å². The lowest BCUT2D eigenvalue weighted by molar-refractivity contribution is -0.106. The number of methoxy groups -OCH3 is 1. The number of aryl methyl sites for hydroxylation is 2. The Morgan fingerprint density at radius 2 is 1.56 bits per heavy atom. The molecule has 2 amide bonds. The molecule has 1 saturated heterocycles. The van der Waals surface area contributed by atoms with E-state index in [1.165, 1.54) is 36.8 Å². The number of hydrogen-bond acceptors (Lipinski definition) is 4. The number of rotatable bonds is 8. The van der Waals surface area contributed by atoms with Crippen LogP contribution in [-0.4, -0.2) is 37.4 Å². The number of piperidine rings is 1. The third-order valence-electron chi connectivity index (χ3n) is 9.56. The molecule has 0 aromatic heterocycles. The van der Waals surface area contributed by atoms with E-state index >= 15 is 0 Å². The number of ether oxygens (including phenoxy) is 1. The Morgan fingerprint density at radius 3 is 2.16 bits per heavy atom. The first-order chi connectivity index (χ1) is 21.8. The number of carbonyl (C=O) groups is 2. The van der Waals surface area contributed by atoms with Gasteiger partial charge in [0.2, 0.25) is 6.41 Å². The number of nitrogens with zero attached hydrogens (tertiary/aromatic N) is 1. The van der Waals surface area contributed by atoms with Gasteiger partial charge < -0.3 is 20.7 Å². The molecule has 0 bridgehead atoms. The van der Waals surface area contributed by atoms with Gasteiger partial charge in [0.25, 0.3) is 5.91 Å². The van der Waals surface area contributed by atoms with Crippen LogP contribution in [0.2, 0.25) is 0 Å². The lowest BCUT2D eigenvalue weighted by Gasteiger charge is -2.52. The number of likely N-dealkylation sites (tertiary alicyclic amines) is 1. The Labute approximate surface area is 271 Å². The summed E-state index contributed by atoms with van der Waals surface area (Å²) in [6.07, 6.45) is 8.75. The molecule has 1 aliphatic heterocycles. The van der Waals surface area contributed by atoms with Crippen molar-refractivity contribution < 1.29 is 14.3 Å². The van der Waals surface area contributed by atoms with E-state index in [1.807, 2.05) is 39.8 Å². The summed E-state index contributed by atoms with van der Waals surface area (Å²) in [7, 11) is 1.64. The van der Waals surface area contributed by atoms with Crippen molar-refractivity contribution in [2.24, 2.45) is 17.1 Å². The molecule has 1 saturated carbocycles. The van der Waals surface area contributed by atoms with Crippen molar-refractivity contribution >= 4 is 12.3 Å². The maximum Gasteiger partial charge on any atom is 0.257 e. The standard InChI is InChI=1S/C36H44N2O2.C2H6.CH3NO/c1-26-23-27(2)34(40-4)24-32(26)35(39)37-28(3)38-21-19-36(20-22-38,25-29-13-7-5-8-14-29)33-18-12-11-17-31(33)30-15-9-6-10-16-30;1-2;2-1-3/h5-10,13-16,23-24,31,33H,3,11-12,17-22,25H2,1-2,4H3,(H,37,39);1-2H3;1H,(H2,2,3). The molecule has 3 aromatic rings. The van der Waals surface area contributed by atoms with Crippen LogP contribution in [0.1, 0.15) is 90.9 Å². The third-order valence-corrected chi connectivity index (χ3v) is 9.56. The molecule has 1 aliphatic carbocycles. The molecule has 3 N–H and O–H groups in total. The minimum atomic E-state index is -0.127. The second-order valence-corrected chi connectivity index (χ2v) is 12.1. The van der Waals surface area contributed by atoms with Gasteiger partial charge in [0.1, 0.15) is 11.6 Å². The summed E-state index contributed by atoms with van der Waals surface area (Å²) < 4.78 is 5.47. The number of hydrogen-bond donors (Lipinski definition) is 2. The summed E-state index contributed by atoms with van der Waals surface area (Å²) >= 11 is 0. The quantitative estimate of drug-likeness (QED) is 0.253. The van der Waals surface area contributed by atoms with Crippen LogP contribution in [0, 0.1) is 25.2 Å². The Hall–Kier alpha value is -4.06. The Morgan fingerprint density at radius 1 is 0.978 bits per heavy atom. The first kappa shape index (κ1) is 35.4. The van der Waals surface area contributed by atoms with Gasteiger partial charge in [-0.1, -0.05) is 100.0 Å². The summed E-state index contributed by atoms with van der Waals surface area (Å²) in [4.78, 5) is 24.1. The smallest absolute Gasteiger partial charge is 0.257 e. The molecule has 2 unspecified atom stereocenters. The van der Waals surface area contributed by atoms with Crippen molar-refractivity contribution in [1.29, 1.82) is 0 Å². The van der Waals surface area contributed by atoms with Crippen molar-refractivity contribution in [2.45, 2.75) is 78.6 Å². The third kappa shape index (κ3) is 9.00. The normalized spacial score (nSPS) is 18.6. The Balaban J connectivity index is 0.00000104. The van der Waals surface area contributed by atoms with Gasteiger partial charge in [-0.3, -0.25) is 9.59 Å². The highest BCUT2D eigenvalue weighted by Gasteiger charge is 2.46. The predicted octanol–water partition coefficient (Wildman–Crippen LogP) is 7.94. The SMILES string of the molecule is C=C(NC(=O)c1cc(OC)c(C)cc1C)N1CCC(Cc2ccccc2)(C2CCCCC2c2ccccc2)CC1.CC.NC=O. The van der Waals surface area contributed by atoms with E-state index in [0.717, 1.165) is 49.2 Å². The molecule has 242 valence electrons. The summed E-state index contributed by atoms with van der Waals surface area (Å²) in [5.41, 5.74) is 9.93. The van der Waals surface area contributed by atoms with Gasteiger partial charge in [0.05, 0.1) is 7.11 Å². The number of amides is 2. The fourth-order valence-corrected chi connectivity index (χ4v) is 7.44. The molecule has 2 fully saturated rings. The van der Waals surface area contributed by atoms with Gasteiger partial charge in [0, 0.05) is 18.7 Å². The molecular weight excluding hydrogens is 558 g/mol. The maximum atomic E-state index is 13.3. The molecule has 0 spiro atoms. The van der Waals surface area contributed by atoms with Crippen LogP contribution >= 0.6 is 0 Å². The van der Waals surface area contributed by atoms with Gasteiger partial charge in [-0.15, -0.1) is 0 Å². The molecule has 6 nitrogen and oxygen atoms in total. The molecule has 0 radical (unpaired) electrons. The number of nitrogens with two attached hydrogens (primary N) is 1. The van der Waals surface area contributed by atoms with Gasteiger partial charge in [-0.25, -0.2) is 0 Å². The van der Waals surface area contributed by atoms with Crippen LogP contribution in [0.15, 0.2) is 85.2 Å². The predicted molar refractivity (Wildman–Crippen MR) is 185 cm³/mol. The highest BCUT2D eigenvalue weighted by atomic mass is 16.5. The molecular formula is C39H53N3O3. The van der Waals surface area contributed by atoms with E-state index in [4.69, 9.17) is 9.53 Å². The van der Waals surface area contributed by atoms with E-state index in [2.05, 4.69) is 83.2 Å². The minimum Gasteiger partial charge on any atom is -0.496 e. The fourth-order valence-electron chi connectivity index (χ4n) is 7.44. The first-order valence-corrected chi connectivity index (χ1v) is 16.5. The maximum absolute atomic E-state index is 13.3. The van der Waals surface area contributed by atoms with E-state index in [1.54, 1.807) is 7.11 Å². The summed E-state index contributed by atoms with van der Waals surface area (Å²) in [6.45, 7) is 14.1. The lowest BCUT2D eigenvalue weighted by Crippen LogP contribution is -2.49. The fraction of sp³-hybridized carbons (Fsp3) is 0.436. The number of benzene rings is 3. The van der Waals surface area contributed by atoms with E-state index < -0.39 is 0 Å². The van der Waals surface area contributed by atoms with Crippen molar-refractivity contribution in [3.63, 3.8) is 0 Å². The van der Waals surface area contributed by atoms with Crippen LogP contribution in [0.3, 0.4) is 0 Å². The van der Waals surface area contributed by atoms with Crippen molar-refractivity contribution in [3.8, 4) is 5.75 Å². The lowest BCUT2D eigenvalue weighted by atomic mass is 9.56. The zero-order valence-electron chi connectivity index (χ0n) is 28.0. The highest BCUT2D eigenvalue weighted by molar-refractivity contribution is 5.97. The molecule has 6 heteroatoms. The van der Waals surface area contributed by atoms with Crippen molar-refractivity contribution in [1.82, 2.24) is 10.2 Å². The monoisotopic (exact) mass is 611 g/mol. The average Bonchev–Trinajstić information content (AvgIpc) is 3.07. The Bertz CT molecular complexity index is 1370. The summed E-state index contributed by atoms with van der Waals surface area (Å²) in [5, 5.41) is 3.11. The molecule has 5 rings (SSSR count). The zero-order valence-corrected chi connectivity index (χ0v) is 28.0. The molecule has 3 aromatic carbocycles. The number of carbonyl (C=O) groups excluding carboxylic acids is 2. The largest absolute Gasteiger partial charge is 0.496 e. The second kappa shape index (κ2) is 17.4. The van der Waals surface area contributed by atoms with Gasteiger partial charge >= 0.3 is 0 Å². The molecule has 45 heavy (non-hydrogen) atoms. The van der Waals surface area contributed by atoms with Gasteiger partial charge in [0.15, 0.2) is 0 Å². The minimum absolute atomic E-state index is 0.127. The van der Waals surface area contributed by atoms with Crippen LogP contribution in [0.25, 0.3) is 0 Å². The summed E-state index contributed by atoms with van der Waals surface area (Å²) in [5.74, 6) is 2.55. The van der Waals surface area contributed by atoms with Crippen LogP contribution in [-0.2, 0) is 11.2 Å². The first-order valence-electron chi connectivity index (χ1n) is 16.5. The van der Waals surface area contributed by atoms with E-state index in [9.17, 15) is 4.79 Å². The molecule has 1 heterocycles. The number of nitrogens with one attached hydrogen (secondary N) is 1. The van der Waals surface area contributed by atoms with Crippen molar-refractivity contribution in [2.75, 3.05) is 20.2 Å². The molecule has 2 aliphatic rings. The van der Waals surface area contributed by atoms with Crippen LogP contribution < -0.4 is 15.8 Å². The highest BCUT2D eigenvalue weighted by Crippen LogP contribution is 2.53. The van der Waals surface area contributed by atoms with E-state index in [-0.39, 0.29) is 17.7 Å². The second-order valence-electron chi connectivity index (χ2n) is 12.1. The average molecular weight is 612 g/mol. The van der Waals surface area contributed by atoms with Crippen LogP contribution in [0.4, 0.5) is 0 Å². The van der Waals surface area contributed by atoms with Crippen LogP contribution in [0.5, 0.6) is 5.75 Å². The number of primary amides is 1. The van der Waals surface area contributed by atoms with E-state index in [0.29, 0.717) is 23.2 Å². The summed E-state index contributed by atoms with van der Waals surface area (Å²) in [6, 6.07) is 26.1. The topological polar surface area (TPSA) is 84.7 Å². The zero-order chi connectivity index (χ0) is 32.8. The molecule has 2 atom stereocenters. The van der Waals surface area contributed by atoms with Crippen molar-refractivity contribution in [3.05, 3.63) is 113 Å². The van der Waals surface area contributed by atoms with Gasteiger partial charge in [-0.05, 0) is 91.5 Å².